The van der Waals surface area contributed by atoms with Crippen molar-refractivity contribution in [3.63, 3.8) is 0 Å². The lowest BCUT2D eigenvalue weighted by atomic mass is 10.2. The Morgan fingerprint density at radius 3 is 2.50 bits per heavy atom. The summed E-state index contributed by atoms with van der Waals surface area (Å²) in [6, 6.07) is 0. The molecule has 12 heavy (non-hydrogen) atoms. The predicted molar refractivity (Wildman–Crippen MR) is 44.7 cm³/mol. The highest BCUT2D eigenvalue weighted by molar-refractivity contribution is 7.54. The first-order valence-electron chi connectivity index (χ1n) is 3.63. The molecule has 0 aromatic carbocycles. The first-order valence-corrected chi connectivity index (χ1v) is 5.28. The zero-order valence-electron chi connectivity index (χ0n) is 7.19. The van der Waals surface area contributed by atoms with Gasteiger partial charge in [0.1, 0.15) is 5.66 Å². The van der Waals surface area contributed by atoms with Gasteiger partial charge in [-0.25, -0.2) is 0 Å². The van der Waals surface area contributed by atoms with Crippen molar-refractivity contribution in [3.8, 4) is 0 Å². The van der Waals surface area contributed by atoms with Crippen LogP contribution in [0.1, 0.15) is 19.8 Å². The first kappa shape index (κ1) is 11.6. The second-order valence-electron chi connectivity index (χ2n) is 2.45. The van der Waals surface area contributed by atoms with Crippen molar-refractivity contribution >= 4 is 13.5 Å². The standard InChI is InChI=1S/C6H14NO4P/c1-3-4-5(6(7)8)12(9,10)11-2/h5H,3-4H2,1-2H3,(H2,7,8)(H,9,10). The molecule has 1 amide bonds. The van der Waals surface area contributed by atoms with Crippen molar-refractivity contribution in [2.75, 3.05) is 7.11 Å². The molecule has 0 aromatic heterocycles. The van der Waals surface area contributed by atoms with Gasteiger partial charge in [0.25, 0.3) is 0 Å². The van der Waals surface area contributed by atoms with Gasteiger partial charge < -0.3 is 15.2 Å². The fourth-order valence-corrected chi connectivity index (χ4v) is 2.03. The molecule has 72 valence electrons. The molecule has 5 nitrogen and oxygen atoms in total. The number of carbonyl (C=O) groups is 1. The highest BCUT2D eigenvalue weighted by Crippen LogP contribution is 2.48. The van der Waals surface area contributed by atoms with Gasteiger partial charge in [0.2, 0.25) is 5.91 Å². The maximum atomic E-state index is 11.1. The maximum Gasteiger partial charge on any atom is 0.340 e. The highest BCUT2D eigenvalue weighted by atomic mass is 31.2. The van der Waals surface area contributed by atoms with Crippen LogP contribution in [0.25, 0.3) is 0 Å². The van der Waals surface area contributed by atoms with E-state index in [1.807, 2.05) is 0 Å². The molecule has 0 fully saturated rings. The second-order valence-corrected chi connectivity index (χ2v) is 4.57. The van der Waals surface area contributed by atoms with E-state index < -0.39 is 19.2 Å². The Hall–Kier alpha value is -0.380. The molecule has 2 atom stereocenters. The van der Waals surface area contributed by atoms with Gasteiger partial charge in [-0.05, 0) is 6.42 Å². The van der Waals surface area contributed by atoms with Crippen LogP contribution in [-0.4, -0.2) is 23.6 Å². The van der Waals surface area contributed by atoms with E-state index in [2.05, 4.69) is 4.52 Å². The number of amides is 1. The summed E-state index contributed by atoms with van der Waals surface area (Å²) < 4.78 is 15.5. The molecule has 2 unspecified atom stereocenters. The third-order valence-electron chi connectivity index (χ3n) is 1.55. The topological polar surface area (TPSA) is 89.6 Å². The molecule has 0 aliphatic heterocycles. The van der Waals surface area contributed by atoms with Gasteiger partial charge in [0.15, 0.2) is 0 Å². The summed E-state index contributed by atoms with van der Waals surface area (Å²) in [4.78, 5) is 19.8. The number of nitrogens with two attached hydrogens (primary N) is 1. The van der Waals surface area contributed by atoms with Crippen LogP contribution in [0.3, 0.4) is 0 Å². The van der Waals surface area contributed by atoms with Crippen LogP contribution >= 0.6 is 7.60 Å². The van der Waals surface area contributed by atoms with E-state index in [4.69, 9.17) is 10.6 Å². The molecule has 0 bridgehead atoms. The van der Waals surface area contributed by atoms with Crippen molar-refractivity contribution in [1.29, 1.82) is 0 Å². The summed E-state index contributed by atoms with van der Waals surface area (Å²) in [6.45, 7) is 1.80. The van der Waals surface area contributed by atoms with Crippen molar-refractivity contribution < 1.29 is 18.8 Å². The van der Waals surface area contributed by atoms with E-state index in [1.54, 1.807) is 6.92 Å². The van der Waals surface area contributed by atoms with Crippen molar-refractivity contribution in [2.24, 2.45) is 5.73 Å². The molecule has 0 rings (SSSR count). The van der Waals surface area contributed by atoms with Crippen LogP contribution < -0.4 is 5.73 Å². The number of hydrogen-bond donors (Lipinski definition) is 2. The molecule has 3 N–H and O–H groups in total. The van der Waals surface area contributed by atoms with Gasteiger partial charge in [-0.1, -0.05) is 13.3 Å². The molecular weight excluding hydrogens is 181 g/mol. The van der Waals surface area contributed by atoms with E-state index in [0.29, 0.717) is 6.42 Å². The fourth-order valence-electron chi connectivity index (χ4n) is 0.867. The Bertz CT molecular complexity index is 206. The van der Waals surface area contributed by atoms with Crippen LogP contribution in [-0.2, 0) is 13.9 Å². The van der Waals surface area contributed by atoms with E-state index in [9.17, 15) is 9.36 Å². The van der Waals surface area contributed by atoms with Gasteiger partial charge in [-0.3, -0.25) is 9.36 Å². The molecule has 0 radical (unpaired) electrons. The van der Waals surface area contributed by atoms with Crippen LogP contribution in [0.2, 0.25) is 0 Å². The number of hydrogen-bond acceptors (Lipinski definition) is 3. The van der Waals surface area contributed by atoms with Gasteiger partial charge >= 0.3 is 7.60 Å². The van der Waals surface area contributed by atoms with E-state index in [0.717, 1.165) is 7.11 Å². The van der Waals surface area contributed by atoms with Crippen LogP contribution in [0.15, 0.2) is 0 Å². The van der Waals surface area contributed by atoms with Gasteiger partial charge in [-0.2, -0.15) is 0 Å². The number of carbonyl (C=O) groups excluding carboxylic acids is 1. The average Bonchev–Trinajstić information content (AvgIpc) is 1.99. The fraction of sp³-hybridized carbons (Fsp3) is 0.833. The van der Waals surface area contributed by atoms with Crippen molar-refractivity contribution in [2.45, 2.75) is 25.4 Å². The van der Waals surface area contributed by atoms with Crippen LogP contribution in [0.4, 0.5) is 0 Å². The Morgan fingerprint density at radius 1 is 1.75 bits per heavy atom. The molecule has 0 spiro atoms. The summed E-state index contributed by atoms with van der Waals surface area (Å²) in [5.41, 5.74) is 3.86. The Morgan fingerprint density at radius 2 is 2.25 bits per heavy atom. The monoisotopic (exact) mass is 195 g/mol. The van der Waals surface area contributed by atoms with Crippen LogP contribution in [0, 0.1) is 0 Å². The van der Waals surface area contributed by atoms with Gasteiger partial charge in [0, 0.05) is 7.11 Å². The Kier molecular flexibility index (Phi) is 4.45. The molecule has 0 aromatic rings. The van der Waals surface area contributed by atoms with Gasteiger partial charge in [0.05, 0.1) is 0 Å². The zero-order chi connectivity index (χ0) is 9.78. The Balaban J connectivity index is 4.50. The summed E-state index contributed by atoms with van der Waals surface area (Å²) in [5.74, 6) is -0.787. The number of primary amides is 1. The normalized spacial score (nSPS) is 18.2. The van der Waals surface area contributed by atoms with E-state index >= 15 is 0 Å². The minimum absolute atomic E-state index is 0.275. The molecule has 0 aliphatic carbocycles. The molecule has 0 heterocycles. The first-order chi connectivity index (χ1) is 5.45. The highest BCUT2D eigenvalue weighted by Gasteiger charge is 2.35. The Labute approximate surface area is 71.4 Å². The van der Waals surface area contributed by atoms with E-state index in [-0.39, 0.29) is 6.42 Å². The lowest BCUT2D eigenvalue weighted by Gasteiger charge is -2.16. The summed E-state index contributed by atoms with van der Waals surface area (Å²) >= 11 is 0. The minimum Gasteiger partial charge on any atom is -0.369 e. The van der Waals surface area contributed by atoms with Crippen LogP contribution in [0.5, 0.6) is 0 Å². The zero-order valence-corrected chi connectivity index (χ0v) is 8.08. The van der Waals surface area contributed by atoms with Crippen molar-refractivity contribution in [1.82, 2.24) is 0 Å². The van der Waals surface area contributed by atoms with E-state index in [1.165, 1.54) is 0 Å². The summed E-state index contributed by atoms with van der Waals surface area (Å²) in [6.07, 6.45) is 0.887. The quantitative estimate of drug-likeness (QED) is 0.624. The SMILES string of the molecule is CCCC(C(N)=O)P(=O)(O)OC. The lowest BCUT2D eigenvalue weighted by molar-refractivity contribution is -0.118. The molecule has 6 heteroatoms. The number of rotatable bonds is 5. The van der Waals surface area contributed by atoms with Crippen molar-refractivity contribution in [3.05, 3.63) is 0 Å². The summed E-state index contributed by atoms with van der Waals surface area (Å²) in [7, 11) is -2.74. The molecule has 0 saturated carbocycles. The molecule has 0 saturated heterocycles. The lowest BCUT2D eigenvalue weighted by Crippen LogP contribution is -2.28. The average molecular weight is 195 g/mol. The van der Waals surface area contributed by atoms with Gasteiger partial charge in [-0.15, -0.1) is 0 Å². The third-order valence-corrected chi connectivity index (χ3v) is 3.37. The minimum atomic E-state index is -3.83. The smallest absolute Gasteiger partial charge is 0.340 e. The maximum absolute atomic E-state index is 11.1. The largest absolute Gasteiger partial charge is 0.369 e. The third kappa shape index (κ3) is 2.93. The second kappa shape index (κ2) is 4.60. The predicted octanol–water partition coefficient (Wildman–Crippen LogP) is 0.472. The molecular formula is C6H14NO4P. The molecule has 0 aliphatic rings. The summed E-state index contributed by atoms with van der Waals surface area (Å²) in [5, 5.41) is 0.